The van der Waals surface area contributed by atoms with Crippen molar-refractivity contribution >= 4 is 6.09 Å². The number of aliphatic hydroxyl groups excluding tert-OH is 1. The van der Waals surface area contributed by atoms with Crippen LogP contribution in [-0.2, 0) is 23.7 Å². The maximum Gasteiger partial charge on any atom is 0.407 e. The molecular formula is C20H39NO7. The van der Waals surface area contributed by atoms with Crippen LogP contribution in [0.4, 0.5) is 4.79 Å². The molecule has 1 rings (SSSR count). The SMILES string of the molecule is CC(C)(C)OC(=O)NC1CCC(COCCOCCOCCOCCO)CC1. The van der Waals surface area contributed by atoms with Gasteiger partial charge >= 0.3 is 6.09 Å². The van der Waals surface area contributed by atoms with Crippen molar-refractivity contribution < 1.29 is 33.6 Å². The van der Waals surface area contributed by atoms with E-state index < -0.39 is 5.60 Å². The van der Waals surface area contributed by atoms with Crippen molar-refractivity contribution in [2.24, 2.45) is 5.92 Å². The number of alkyl carbamates (subject to hydrolysis) is 1. The van der Waals surface area contributed by atoms with Crippen LogP contribution in [0.25, 0.3) is 0 Å². The molecule has 0 aromatic rings. The molecule has 0 aliphatic heterocycles. The van der Waals surface area contributed by atoms with E-state index in [2.05, 4.69) is 5.32 Å². The summed E-state index contributed by atoms with van der Waals surface area (Å²) >= 11 is 0. The topological polar surface area (TPSA) is 95.5 Å². The van der Waals surface area contributed by atoms with E-state index in [4.69, 9.17) is 28.8 Å². The van der Waals surface area contributed by atoms with Gasteiger partial charge in [0.05, 0.1) is 52.9 Å². The zero-order valence-electron chi connectivity index (χ0n) is 17.7. The lowest BCUT2D eigenvalue weighted by Crippen LogP contribution is -2.41. The first-order chi connectivity index (χ1) is 13.4. The van der Waals surface area contributed by atoms with Crippen molar-refractivity contribution in [3.8, 4) is 0 Å². The van der Waals surface area contributed by atoms with E-state index in [9.17, 15) is 4.79 Å². The Morgan fingerprint density at radius 1 is 0.857 bits per heavy atom. The van der Waals surface area contributed by atoms with Crippen LogP contribution in [0.2, 0.25) is 0 Å². The van der Waals surface area contributed by atoms with Gasteiger partial charge in [0.15, 0.2) is 0 Å². The number of hydrogen-bond donors (Lipinski definition) is 2. The van der Waals surface area contributed by atoms with E-state index in [1.165, 1.54) is 0 Å². The number of aliphatic hydroxyl groups is 1. The second kappa shape index (κ2) is 15.0. The minimum Gasteiger partial charge on any atom is -0.444 e. The van der Waals surface area contributed by atoms with Gasteiger partial charge in [-0.05, 0) is 52.4 Å². The second-order valence-corrected chi connectivity index (χ2v) is 8.00. The second-order valence-electron chi connectivity index (χ2n) is 8.00. The third-order valence-electron chi connectivity index (χ3n) is 4.27. The number of rotatable bonds is 14. The van der Waals surface area contributed by atoms with Crippen LogP contribution >= 0.6 is 0 Å². The van der Waals surface area contributed by atoms with E-state index in [1.54, 1.807) is 0 Å². The highest BCUT2D eigenvalue weighted by Gasteiger charge is 2.24. The predicted octanol–water partition coefficient (Wildman–Crippen LogP) is 2.13. The summed E-state index contributed by atoms with van der Waals surface area (Å²) in [5.41, 5.74) is -0.460. The molecule has 2 N–H and O–H groups in total. The van der Waals surface area contributed by atoms with E-state index >= 15 is 0 Å². The highest BCUT2D eigenvalue weighted by Crippen LogP contribution is 2.24. The Bertz CT molecular complexity index is 393. The van der Waals surface area contributed by atoms with Crippen molar-refractivity contribution in [3.05, 3.63) is 0 Å². The average molecular weight is 406 g/mol. The Labute approximate surface area is 169 Å². The molecule has 1 saturated carbocycles. The first-order valence-electron chi connectivity index (χ1n) is 10.3. The average Bonchev–Trinajstić information content (AvgIpc) is 2.62. The fourth-order valence-corrected chi connectivity index (χ4v) is 2.92. The Morgan fingerprint density at radius 3 is 1.86 bits per heavy atom. The Morgan fingerprint density at radius 2 is 1.36 bits per heavy atom. The standard InChI is InChI=1S/C20H39NO7/c1-20(2,3)28-19(23)21-18-6-4-17(5-7-18)16-27-15-14-26-13-12-25-11-10-24-9-8-22/h17-18,22H,4-16H2,1-3H3,(H,21,23). The maximum atomic E-state index is 11.8. The van der Waals surface area contributed by atoms with E-state index in [-0.39, 0.29) is 18.7 Å². The van der Waals surface area contributed by atoms with Gasteiger partial charge in [0, 0.05) is 12.6 Å². The van der Waals surface area contributed by atoms with Gasteiger partial charge in [-0.1, -0.05) is 0 Å². The largest absolute Gasteiger partial charge is 0.444 e. The van der Waals surface area contributed by atoms with Gasteiger partial charge in [-0.15, -0.1) is 0 Å². The van der Waals surface area contributed by atoms with E-state index in [1.807, 2.05) is 20.8 Å². The highest BCUT2D eigenvalue weighted by atomic mass is 16.6. The molecule has 0 bridgehead atoms. The summed E-state index contributed by atoms with van der Waals surface area (Å²) in [4.78, 5) is 11.8. The maximum absolute atomic E-state index is 11.8. The first kappa shape index (κ1) is 25.1. The van der Waals surface area contributed by atoms with Crippen molar-refractivity contribution in [2.75, 3.05) is 59.5 Å². The molecule has 0 unspecified atom stereocenters. The van der Waals surface area contributed by atoms with Gasteiger partial charge in [0.25, 0.3) is 0 Å². The molecule has 8 heteroatoms. The van der Waals surface area contributed by atoms with Crippen LogP contribution in [0.3, 0.4) is 0 Å². The lowest BCUT2D eigenvalue weighted by Gasteiger charge is -2.30. The lowest BCUT2D eigenvalue weighted by atomic mass is 9.86. The smallest absolute Gasteiger partial charge is 0.407 e. The molecule has 1 fully saturated rings. The Balaban J connectivity index is 1.90. The van der Waals surface area contributed by atoms with E-state index in [0.29, 0.717) is 52.2 Å². The third-order valence-corrected chi connectivity index (χ3v) is 4.27. The van der Waals surface area contributed by atoms with Gasteiger partial charge < -0.3 is 34.1 Å². The van der Waals surface area contributed by atoms with Crippen LogP contribution in [0, 0.1) is 5.92 Å². The summed E-state index contributed by atoms with van der Waals surface area (Å²) in [5.74, 6) is 0.541. The Kier molecular flexibility index (Phi) is 13.4. The van der Waals surface area contributed by atoms with Gasteiger partial charge in [-0.3, -0.25) is 0 Å². The molecular weight excluding hydrogens is 366 g/mol. The fraction of sp³-hybridized carbons (Fsp3) is 0.950. The molecule has 1 aliphatic carbocycles. The molecule has 0 heterocycles. The number of carbonyl (C=O) groups is 1. The molecule has 1 amide bonds. The zero-order chi connectivity index (χ0) is 20.7. The number of ether oxygens (including phenoxy) is 5. The zero-order valence-corrected chi connectivity index (χ0v) is 17.7. The van der Waals surface area contributed by atoms with Crippen LogP contribution in [-0.4, -0.2) is 82.3 Å². The predicted molar refractivity (Wildman–Crippen MR) is 105 cm³/mol. The normalized spacial score (nSPS) is 20.1. The number of carbonyl (C=O) groups excluding carboxylic acids is 1. The molecule has 0 radical (unpaired) electrons. The molecule has 28 heavy (non-hydrogen) atoms. The number of hydrogen-bond acceptors (Lipinski definition) is 7. The lowest BCUT2D eigenvalue weighted by molar-refractivity contribution is -0.0108. The number of amides is 1. The van der Waals surface area contributed by atoms with Crippen molar-refractivity contribution in [3.63, 3.8) is 0 Å². The molecule has 0 spiro atoms. The van der Waals surface area contributed by atoms with Crippen LogP contribution in [0.15, 0.2) is 0 Å². The molecule has 1 aliphatic rings. The summed E-state index contributed by atoms with van der Waals surface area (Å²) < 4.78 is 26.9. The summed E-state index contributed by atoms with van der Waals surface area (Å²) in [6.45, 7) is 9.91. The van der Waals surface area contributed by atoms with Gasteiger partial charge in [0.1, 0.15) is 5.60 Å². The summed E-state index contributed by atoms with van der Waals surface area (Å²) in [7, 11) is 0. The van der Waals surface area contributed by atoms with Gasteiger partial charge in [-0.25, -0.2) is 4.79 Å². The first-order valence-corrected chi connectivity index (χ1v) is 10.3. The molecule has 0 aromatic carbocycles. The monoisotopic (exact) mass is 405 g/mol. The van der Waals surface area contributed by atoms with Crippen LogP contribution in [0.5, 0.6) is 0 Å². The summed E-state index contributed by atoms with van der Waals surface area (Å²) in [6, 6.07) is 0.198. The molecule has 8 nitrogen and oxygen atoms in total. The van der Waals surface area contributed by atoms with Crippen LogP contribution < -0.4 is 5.32 Å². The molecule has 166 valence electrons. The minimum atomic E-state index is -0.460. The number of nitrogens with one attached hydrogen (secondary N) is 1. The van der Waals surface area contributed by atoms with Crippen molar-refractivity contribution in [2.45, 2.75) is 58.1 Å². The minimum absolute atomic E-state index is 0.0352. The molecule has 0 aromatic heterocycles. The van der Waals surface area contributed by atoms with Crippen molar-refractivity contribution in [1.29, 1.82) is 0 Å². The molecule has 0 atom stereocenters. The van der Waals surface area contributed by atoms with Gasteiger partial charge in [0.2, 0.25) is 0 Å². The van der Waals surface area contributed by atoms with Crippen LogP contribution in [0.1, 0.15) is 46.5 Å². The summed E-state index contributed by atoms with van der Waals surface area (Å²) in [6.07, 6.45) is 3.69. The summed E-state index contributed by atoms with van der Waals surface area (Å²) in [5, 5.41) is 11.5. The van der Waals surface area contributed by atoms with Crippen molar-refractivity contribution in [1.82, 2.24) is 5.32 Å². The molecule has 0 saturated heterocycles. The van der Waals surface area contributed by atoms with E-state index in [0.717, 1.165) is 32.3 Å². The Hall–Kier alpha value is -0.930. The highest BCUT2D eigenvalue weighted by molar-refractivity contribution is 5.68. The quantitative estimate of drug-likeness (QED) is 0.427. The third kappa shape index (κ3) is 14.1. The van der Waals surface area contributed by atoms with Gasteiger partial charge in [-0.2, -0.15) is 0 Å². The fourth-order valence-electron chi connectivity index (χ4n) is 2.92.